The molecule has 1 N–H and O–H groups in total. The van der Waals surface area contributed by atoms with Gasteiger partial charge in [0.05, 0.1) is 0 Å². The highest BCUT2D eigenvalue weighted by atomic mass is 14.9. The summed E-state index contributed by atoms with van der Waals surface area (Å²) >= 11 is 0. The van der Waals surface area contributed by atoms with Gasteiger partial charge in [-0.05, 0) is 73.3 Å². The molecule has 5 aliphatic rings. The summed E-state index contributed by atoms with van der Waals surface area (Å²) in [7, 11) is 0. The number of hydrogen-bond donors (Lipinski definition) is 1. The van der Waals surface area contributed by atoms with E-state index in [1.54, 1.807) is 24.8 Å². The van der Waals surface area contributed by atoms with E-state index >= 15 is 0 Å². The van der Waals surface area contributed by atoms with Gasteiger partial charge in [0.2, 0.25) is 0 Å². The van der Waals surface area contributed by atoms with Crippen LogP contribution < -0.4 is 5.32 Å². The maximum atomic E-state index is 3.68. The number of rotatable bonds is 1. The molecule has 0 saturated heterocycles. The number of anilines is 1. The number of fused-ring (bicyclic) bond motifs is 1. The molecule has 1 atom stereocenters. The number of nitrogens with one attached hydrogen (secondary N) is 1. The number of para-hydroxylation sites is 1. The molecule has 4 saturated carbocycles. The Morgan fingerprint density at radius 1 is 0.895 bits per heavy atom. The van der Waals surface area contributed by atoms with Crippen LogP contribution in [0.4, 0.5) is 5.69 Å². The van der Waals surface area contributed by atoms with Gasteiger partial charge in [0, 0.05) is 18.2 Å². The van der Waals surface area contributed by atoms with Gasteiger partial charge < -0.3 is 5.32 Å². The van der Waals surface area contributed by atoms with E-state index in [0.717, 1.165) is 23.7 Å². The SMILES string of the molecule is c1ccc2c(c1)NCC2C12CC3CC(CC(C3)C1)C2. The standard InChI is InChI=1S/C18H23N/c1-2-4-17-15(3-1)16(11-19-17)18-8-12-5-13(9-18)7-14(6-12)10-18/h1-4,12-14,16,19H,5-11H2. The zero-order chi connectivity index (χ0) is 12.4. The zero-order valence-electron chi connectivity index (χ0n) is 11.6. The summed E-state index contributed by atoms with van der Waals surface area (Å²) in [6.45, 7) is 1.20. The third-order valence-electron chi connectivity index (χ3n) is 6.66. The van der Waals surface area contributed by atoms with Crippen LogP contribution in [0.25, 0.3) is 0 Å². The van der Waals surface area contributed by atoms with Gasteiger partial charge in [-0.3, -0.25) is 0 Å². The van der Waals surface area contributed by atoms with Crippen molar-refractivity contribution in [2.75, 3.05) is 11.9 Å². The van der Waals surface area contributed by atoms with Crippen molar-refractivity contribution in [2.24, 2.45) is 23.2 Å². The molecule has 1 aliphatic heterocycles. The van der Waals surface area contributed by atoms with Crippen molar-refractivity contribution in [1.29, 1.82) is 0 Å². The van der Waals surface area contributed by atoms with Gasteiger partial charge in [0.1, 0.15) is 0 Å². The molecule has 4 aliphatic carbocycles. The second-order valence-electron chi connectivity index (χ2n) is 7.80. The Labute approximate surface area is 115 Å². The lowest BCUT2D eigenvalue weighted by Crippen LogP contribution is -2.49. The maximum absolute atomic E-state index is 3.68. The van der Waals surface area contributed by atoms with Gasteiger partial charge in [0.25, 0.3) is 0 Å². The first-order chi connectivity index (χ1) is 9.32. The molecule has 100 valence electrons. The van der Waals surface area contributed by atoms with Gasteiger partial charge in [-0.1, -0.05) is 18.2 Å². The highest BCUT2D eigenvalue weighted by molar-refractivity contribution is 5.58. The smallest absolute Gasteiger partial charge is 0.0376 e. The Morgan fingerprint density at radius 2 is 1.53 bits per heavy atom. The Hall–Kier alpha value is -0.980. The zero-order valence-corrected chi connectivity index (χ0v) is 11.6. The van der Waals surface area contributed by atoms with Crippen LogP contribution in [0.3, 0.4) is 0 Å². The van der Waals surface area contributed by atoms with Crippen molar-refractivity contribution in [2.45, 2.75) is 44.4 Å². The van der Waals surface area contributed by atoms with Gasteiger partial charge in [0.15, 0.2) is 0 Å². The molecule has 0 aromatic heterocycles. The highest BCUT2D eigenvalue weighted by Crippen LogP contribution is 2.65. The molecule has 0 radical (unpaired) electrons. The van der Waals surface area contributed by atoms with Crippen LogP contribution >= 0.6 is 0 Å². The van der Waals surface area contributed by atoms with Crippen LogP contribution in [0.15, 0.2) is 24.3 Å². The normalized spacial score (nSPS) is 46.1. The summed E-state index contributed by atoms with van der Waals surface area (Å²) in [6.07, 6.45) is 9.25. The average molecular weight is 253 g/mol. The molecule has 6 rings (SSSR count). The minimum Gasteiger partial charge on any atom is -0.384 e. The molecule has 1 aromatic carbocycles. The van der Waals surface area contributed by atoms with Crippen molar-refractivity contribution in [3.8, 4) is 0 Å². The van der Waals surface area contributed by atoms with Crippen molar-refractivity contribution in [3.63, 3.8) is 0 Å². The lowest BCUT2D eigenvalue weighted by atomic mass is 9.46. The van der Waals surface area contributed by atoms with E-state index < -0.39 is 0 Å². The van der Waals surface area contributed by atoms with Crippen LogP contribution in [-0.2, 0) is 0 Å². The van der Waals surface area contributed by atoms with Crippen molar-refractivity contribution in [3.05, 3.63) is 29.8 Å². The Kier molecular flexibility index (Phi) is 2.02. The van der Waals surface area contributed by atoms with E-state index in [1.165, 1.54) is 31.5 Å². The second kappa shape index (κ2) is 3.56. The Balaban J connectivity index is 1.57. The predicted molar refractivity (Wildman–Crippen MR) is 78.3 cm³/mol. The fraction of sp³-hybridized carbons (Fsp3) is 0.667. The van der Waals surface area contributed by atoms with Gasteiger partial charge in [-0.15, -0.1) is 0 Å². The fourth-order valence-corrected chi connectivity index (χ4v) is 6.43. The van der Waals surface area contributed by atoms with E-state index in [2.05, 4.69) is 29.6 Å². The minimum absolute atomic E-state index is 0.661. The van der Waals surface area contributed by atoms with Crippen LogP contribution in [0.2, 0.25) is 0 Å². The molecule has 1 aromatic rings. The van der Waals surface area contributed by atoms with Crippen LogP contribution in [0, 0.1) is 23.2 Å². The largest absolute Gasteiger partial charge is 0.384 e. The summed E-state index contributed by atoms with van der Waals surface area (Å²) in [5.74, 6) is 4.01. The van der Waals surface area contributed by atoms with Crippen LogP contribution in [-0.4, -0.2) is 6.54 Å². The summed E-state index contributed by atoms with van der Waals surface area (Å²) < 4.78 is 0. The topological polar surface area (TPSA) is 12.0 Å². The molecule has 1 unspecified atom stereocenters. The van der Waals surface area contributed by atoms with Crippen molar-refractivity contribution in [1.82, 2.24) is 0 Å². The third kappa shape index (κ3) is 1.42. The van der Waals surface area contributed by atoms with E-state index in [0.29, 0.717) is 5.41 Å². The molecule has 1 heteroatoms. The van der Waals surface area contributed by atoms with Crippen molar-refractivity contribution >= 4 is 5.69 Å². The van der Waals surface area contributed by atoms with E-state index in [4.69, 9.17) is 0 Å². The number of hydrogen-bond acceptors (Lipinski definition) is 1. The van der Waals surface area contributed by atoms with Gasteiger partial charge in [-0.2, -0.15) is 0 Å². The Bertz CT molecular complexity index is 483. The molecule has 4 bridgehead atoms. The lowest BCUT2D eigenvalue weighted by Gasteiger charge is -2.59. The lowest BCUT2D eigenvalue weighted by molar-refractivity contribution is -0.0653. The molecule has 0 amide bonds. The highest BCUT2D eigenvalue weighted by Gasteiger charge is 2.55. The molecule has 19 heavy (non-hydrogen) atoms. The maximum Gasteiger partial charge on any atom is 0.0376 e. The van der Waals surface area contributed by atoms with Crippen LogP contribution in [0.1, 0.15) is 50.0 Å². The van der Waals surface area contributed by atoms with Crippen molar-refractivity contribution < 1.29 is 0 Å². The van der Waals surface area contributed by atoms with Gasteiger partial charge >= 0.3 is 0 Å². The molecular weight excluding hydrogens is 230 g/mol. The quantitative estimate of drug-likeness (QED) is 0.781. The Morgan fingerprint density at radius 3 is 2.21 bits per heavy atom. The first kappa shape index (κ1) is 10.8. The monoisotopic (exact) mass is 253 g/mol. The summed E-state index contributed by atoms with van der Waals surface area (Å²) in [5.41, 5.74) is 3.71. The average Bonchev–Trinajstić information content (AvgIpc) is 2.81. The molecule has 1 heterocycles. The van der Waals surface area contributed by atoms with E-state index in [1.807, 2.05) is 0 Å². The molecular formula is C18H23N. The summed E-state index contributed by atoms with van der Waals surface area (Å²) in [5, 5.41) is 3.68. The molecule has 1 nitrogen and oxygen atoms in total. The molecule has 0 spiro atoms. The molecule has 4 fully saturated rings. The van der Waals surface area contributed by atoms with Gasteiger partial charge in [-0.25, -0.2) is 0 Å². The van der Waals surface area contributed by atoms with E-state index in [9.17, 15) is 0 Å². The first-order valence-corrected chi connectivity index (χ1v) is 8.15. The second-order valence-corrected chi connectivity index (χ2v) is 7.80. The summed E-state index contributed by atoms with van der Waals surface area (Å²) in [6, 6.07) is 9.07. The fourth-order valence-electron chi connectivity index (χ4n) is 6.43. The van der Waals surface area contributed by atoms with E-state index in [-0.39, 0.29) is 0 Å². The number of benzene rings is 1. The minimum atomic E-state index is 0.661. The summed E-state index contributed by atoms with van der Waals surface area (Å²) in [4.78, 5) is 0. The first-order valence-electron chi connectivity index (χ1n) is 8.15. The van der Waals surface area contributed by atoms with Crippen LogP contribution in [0.5, 0.6) is 0 Å². The third-order valence-corrected chi connectivity index (χ3v) is 6.66. The predicted octanol–water partition coefficient (Wildman–Crippen LogP) is 4.41.